The number of amides is 1. The van der Waals surface area contributed by atoms with Crippen molar-refractivity contribution in [2.75, 3.05) is 5.32 Å². The van der Waals surface area contributed by atoms with Crippen LogP contribution in [0.5, 0.6) is 0 Å². The minimum Gasteiger partial charge on any atom is -0.316 e. The monoisotopic (exact) mass is 358 g/mol. The summed E-state index contributed by atoms with van der Waals surface area (Å²) in [4.78, 5) is 22.0. The van der Waals surface area contributed by atoms with Gasteiger partial charge in [0.2, 0.25) is 5.91 Å². The quantitative estimate of drug-likeness (QED) is 0.666. The standard InChI is InChI=1S/C17H18N4OS2/c1-10-7-15(20-9-19-10)23-11(2)16(22)21-17-13(8-18)12-5-3-4-6-14(12)24-17/h7,9,11H,3-6H2,1-2H3,(H,21,22)/t11-/m0/s1. The molecule has 5 nitrogen and oxygen atoms in total. The molecule has 1 amide bonds. The first-order chi connectivity index (χ1) is 11.6. The summed E-state index contributed by atoms with van der Waals surface area (Å²) in [6.07, 6.45) is 5.73. The van der Waals surface area contributed by atoms with Gasteiger partial charge in [-0.15, -0.1) is 11.3 Å². The summed E-state index contributed by atoms with van der Waals surface area (Å²) in [5.74, 6) is -0.105. The highest BCUT2D eigenvalue weighted by Gasteiger charge is 2.23. The molecule has 0 radical (unpaired) electrons. The Kier molecular flexibility index (Phi) is 5.17. The van der Waals surface area contributed by atoms with E-state index < -0.39 is 0 Å². The number of nitrogens with one attached hydrogen (secondary N) is 1. The van der Waals surface area contributed by atoms with Crippen molar-refractivity contribution in [2.24, 2.45) is 0 Å². The SMILES string of the molecule is Cc1cc(S[C@@H](C)C(=O)Nc2sc3c(c2C#N)CCCC3)ncn1. The fourth-order valence-electron chi connectivity index (χ4n) is 2.71. The minimum atomic E-state index is -0.301. The van der Waals surface area contributed by atoms with E-state index in [1.54, 1.807) is 11.3 Å². The summed E-state index contributed by atoms with van der Waals surface area (Å²) in [5, 5.41) is 13.6. The highest BCUT2D eigenvalue weighted by molar-refractivity contribution is 8.00. The molecule has 2 aromatic heterocycles. The first-order valence-corrected chi connectivity index (χ1v) is 9.59. The van der Waals surface area contributed by atoms with E-state index in [4.69, 9.17) is 0 Å². The van der Waals surface area contributed by atoms with Crippen LogP contribution in [0.2, 0.25) is 0 Å². The second kappa shape index (κ2) is 7.32. The van der Waals surface area contributed by atoms with Crippen LogP contribution in [0.1, 0.15) is 41.5 Å². The zero-order valence-electron chi connectivity index (χ0n) is 13.6. The molecule has 0 aliphatic heterocycles. The van der Waals surface area contributed by atoms with Crippen molar-refractivity contribution in [1.29, 1.82) is 5.26 Å². The van der Waals surface area contributed by atoms with Gasteiger partial charge in [0.25, 0.3) is 0 Å². The van der Waals surface area contributed by atoms with E-state index >= 15 is 0 Å². The third-order valence-corrected chi connectivity index (χ3v) is 6.20. The summed E-state index contributed by atoms with van der Waals surface area (Å²) in [6.45, 7) is 3.74. The maximum atomic E-state index is 12.5. The molecule has 2 heterocycles. The van der Waals surface area contributed by atoms with Gasteiger partial charge in [0, 0.05) is 10.6 Å². The van der Waals surface area contributed by atoms with E-state index in [-0.39, 0.29) is 11.2 Å². The van der Waals surface area contributed by atoms with Gasteiger partial charge in [-0.2, -0.15) is 5.26 Å². The molecule has 1 atom stereocenters. The van der Waals surface area contributed by atoms with Gasteiger partial charge in [-0.05, 0) is 51.2 Å². The molecule has 0 saturated carbocycles. The largest absolute Gasteiger partial charge is 0.316 e. The molecule has 3 rings (SSSR count). The van der Waals surface area contributed by atoms with Crippen LogP contribution in [-0.2, 0) is 17.6 Å². The molecule has 1 aliphatic rings. The Labute approximate surface area is 149 Å². The van der Waals surface area contributed by atoms with Crippen LogP contribution >= 0.6 is 23.1 Å². The number of rotatable bonds is 4. The summed E-state index contributed by atoms with van der Waals surface area (Å²) in [6, 6.07) is 4.13. The molecule has 0 spiro atoms. The Morgan fingerprint density at radius 3 is 2.96 bits per heavy atom. The first-order valence-electron chi connectivity index (χ1n) is 7.89. The molecule has 0 bridgehead atoms. The number of thioether (sulfide) groups is 1. The van der Waals surface area contributed by atoms with Gasteiger partial charge in [-0.3, -0.25) is 4.79 Å². The molecular formula is C17H18N4OS2. The van der Waals surface area contributed by atoms with E-state index in [0.717, 1.165) is 42.0 Å². The molecule has 7 heteroatoms. The lowest BCUT2D eigenvalue weighted by atomic mass is 9.96. The number of aryl methyl sites for hydroxylation is 2. The lowest BCUT2D eigenvalue weighted by molar-refractivity contribution is -0.115. The first kappa shape index (κ1) is 16.9. The molecule has 1 aliphatic carbocycles. The van der Waals surface area contributed by atoms with E-state index in [9.17, 15) is 10.1 Å². The molecular weight excluding hydrogens is 340 g/mol. The molecule has 124 valence electrons. The van der Waals surface area contributed by atoms with Crippen molar-refractivity contribution in [1.82, 2.24) is 9.97 Å². The van der Waals surface area contributed by atoms with Crippen molar-refractivity contribution >= 4 is 34.0 Å². The van der Waals surface area contributed by atoms with Crippen LogP contribution in [0, 0.1) is 18.3 Å². The maximum Gasteiger partial charge on any atom is 0.238 e. The van der Waals surface area contributed by atoms with Crippen LogP contribution in [0.25, 0.3) is 0 Å². The highest BCUT2D eigenvalue weighted by atomic mass is 32.2. The fraction of sp³-hybridized carbons (Fsp3) is 0.412. The van der Waals surface area contributed by atoms with Gasteiger partial charge in [0.1, 0.15) is 22.4 Å². The van der Waals surface area contributed by atoms with Crippen LogP contribution < -0.4 is 5.32 Å². The van der Waals surface area contributed by atoms with Crippen molar-refractivity contribution in [2.45, 2.75) is 49.8 Å². The minimum absolute atomic E-state index is 0.105. The van der Waals surface area contributed by atoms with E-state index in [1.165, 1.54) is 23.0 Å². The van der Waals surface area contributed by atoms with Crippen molar-refractivity contribution in [3.8, 4) is 6.07 Å². The third-order valence-electron chi connectivity index (χ3n) is 3.97. The predicted octanol–water partition coefficient (Wildman–Crippen LogP) is 3.72. The van der Waals surface area contributed by atoms with Gasteiger partial charge < -0.3 is 5.32 Å². The number of nitriles is 1. The van der Waals surface area contributed by atoms with Gasteiger partial charge >= 0.3 is 0 Å². The second-order valence-corrected chi connectivity index (χ2v) is 8.24. The molecule has 1 N–H and O–H groups in total. The van der Waals surface area contributed by atoms with Crippen LogP contribution in [-0.4, -0.2) is 21.1 Å². The highest BCUT2D eigenvalue weighted by Crippen LogP contribution is 2.38. The fourth-order valence-corrected chi connectivity index (χ4v) is 4.83. The Morgan fingerprint density at radius 2 is 2.21 bits per heavy atom. The Morgan fingerprint density at radius 1 is 1.42 bits per heavy atom. The number of thiophene rings is 1. The predicted molar refractivity (Wildman–Crippen MR) is 96.4 cm³/mol. The lowest BCUT2D eigenvalue weighted by Gasteiger charge is -2.11. The number of fused-ring (bicyclic) bond motifs is 1. The summed E-state index contributed by atoms with van der Waals surface area (Å²) in [5.41, 5.74) is 2.66. The Hall–Kier alpha value is -1.91. The Balaban J connectivity index is 1.73. The van der Waals surface area contributed by atoms with Crippen LogP contribution in [0.15, 0.2) is 17.4 Å². The normalized spacial score (nSPS) is 14.5. The zero-order chi connectivity index (χ0) is 17.1. The van der Waals surface area contributed by atoms with Crippen molar-refractivity contribution in [3.05, 3.63) is 34.1 Å². The molecule has 24 heavy (non-hydrogen) atoms. The average molecular weight is 358 g/mol. The molecule has 0 fully saturated rings. The van der Waals surface area contributed by atoms with E-state index in [1.807, 2.05) is 19.9 Å². The summed E-state index contributed by atoms with van der Waals surface area (Å²) >= 11 is 2.94. The number of nitrogens with zero attached hydrogens (tertiary/aromatic N) is 3. The van der Waals surface area contributed by atoms with Crippen molar-refractivity contribution < 1.29 is 4.79 Å². The number of carbonyl (C=O) groups is 1. The number of aromatic nitrogens is 2. The number of hydrogen-bond donors (Lipinski definition) is 1. The Bertz CT molecular complexity index is 809. The lowest BCUT2D eigenvalue weighted by Crippen LogP contribution is -2.22. The molecule has 0 unspecified atom stereocenters. The molecule has 2 aromatic rings. The number of carbonyl (C=O) groups excluding carboxylic acids is 1. The summed E-state index contributed by atoms with van der Waals surface area (Å²) < 4.78 is 0. The van der Waals surface area contributed by atoms with Crippen LogP contribution in [0.4, 0.5) is 5.00 Å². The van der Waals surface area contributed by atoms with Gasteiger partial charge in [0.05, 0.1) is 10.8 Å². The number of anilines is 1. The maximum absolute atomic E-state index is 12.5. The molecule has 0 aromatic carbocycles. The van der Waals surface area contributed by atoms with E-state index in [2.05, 4.69) is 21.4 Å². The number of hydrogen-bond acceptors (Lipinski definition) is 6. The van der Waals surface area contributed by atoms with Gasteiger partial charge in [-0.1, -0.05) is 11.8 Å². The topological polar surface area (TPSA) is 78.7 Å². The second-order valence-electron chi connectivity index (χ2n) is 5.77. The van der Waals surface area contributed by atoms with Gasteiger partial charge in [-0.25, -0.2) is 9.97 Å². The van der Waals surface area contributed by atoms with Crippen LogP contribution in [0.3, 0.4) is 0 Å². The van der Waals surface area contributed by atoms with E-state index in [0.29, 0.717) is 10.6 Å². The third kappa shape index (κ3) is 3.60. The summed E-state index contributed by atoms with van der Waals surface area (Å²) in [7, 11) is 0. The van der Waals surface area contributed by atoms with Gasteiger partial charge in [0.15, 0.2) is 0 Å². The molecule has 0 saturated heterocycles. The zero-order valence-corrected chi connectivity index (χ0v) is 15.3. The average Bonchev–Trinajstić information content (AvgIpc) is 2.91. The smallest absolute Gasteiger partial charge is 0.238 e. The van der Waals surface area contributed by atoms with Crippen molar-refractivity contribution in [3.63, 3.8) is 0 Å².